The van der Waals surface area contributed by atoms with Crippen LogP contribution in [0, 0.1) is 11.8 Å². The van der Waals surface area contributed by atoms with E-state index >= 15 is 0 Å². The first-order valence-corrected chi connectivity index (χ1v) is 7.40. The van der Waals surface area contributed by atoms with E-state index in [1.54, 1.807) is 0 Å². The average Bonchev–Trinajstić information content (AvgIpc) is 2.76. The van der Waals surface area contributed by atoms with Crippen LogP contribution in [-0.2, 0) is 4.79 Å². The lowest BCUT2D eigenvalue weighted by atomic mass is 9.20. The molecule has 0 N–H and O–H groups in total. The van der Waals surface area contributed by atoms with E-state index in [4.69, 9.17) is 0 Å². The van der Waals surface area contributed by atoms with Crippen molar-refractivity contribution < 1.29 is 4.79 Å². The summed E-state index contributed by atoms with van der Waals surface area (Å²) in [6.07, 6.45) is 9.05. The van der Waals surface area contributed by atoms with E-state index in [0.717, 1.165) is 0 Å². The lowest BCUT2D eigenvalue weighted by Gasteiger charge is -2.44. The molecule has 2 rings (SSSR count). The van der Waals surface area contributed by atoms with Crippen molar-refractivity contribution in [2.24, 2.45) is 11.8 Å². The van der Waals surface area contributed by atoms with Gasteiger partial charge in [-0.2, -0.15) is 0 Å². The number of carbonyl (C=O) groups is 1. The number of carbonyl (C=O) groups excluding carboxylic acids is 1. The third kappa shape index (κ3) is 1.88. The van der Waals surface area contributed by atoms with Gasteiger partial charge in [-0.25, -0.2) is 0 Å². The molecule has 0 amide bonds. The summed E-state index contributed by atoms with van der Waals surface area (Å²) >= 11 is 0. The van der Waals surface area contributed by atoms with Crippen LogP contribution in [0.5, 0.6) is 0 Å². The van der Waals surface area contributed by atoms with Crippen molar-refractivity contribution in [3.05, 3.63) is 0 Å². The Morgan fingerprint density at radius 2 is 1.41 bits per heavy atom. The monoisotopic (exact) mass is 234 g/mol. The van der Waals surface area contributed by atoms with Crippen molar-refractivity contribution in [2.45, 2.75) is 76.8 Å². The molecule has 0 aliphatic heterocycles. The van der Waals surface area contributed by atoms with Gasteiger partial charge < -0.3 is 4.79 Å². The molecule has 96 valence electrons. The van der Waals surface area contributed by atoms with Crippen LogP contribution in [0.4, 0.5) is 0 Å². The van der Waals surface area contributed by atoms with E-state index < -0.39 is 0 Å². The molecular weight excluding hydrogens is 207 g/mol. The maximum Gasteiger partial charge on any atom is 0.231 e. The molecule has 0 aromatic rings. The highest BCUT2D eigenvalue weighted by Crippen LogP contribution is 2.62. The fraction of sp³-hybridized carbons (Fsp3) is 0.933. The minimum atomic E-state index is 0.259. The van der Waals surface area contributed by atoms with Gasteiger partial charge in [-0.15, -0.1) is 0 Å². The van der Waals surface area contributed by atoms with Gasteiger partial charge in [0.25, 0.3) is 0 Å². The maximum atomic E-state index is 11.8. The summed E-state index contributed by atoms with van der Waals surface area (Å²) in [5.74, 6) is 1.42. The summed E-state index contributed by atoms with van der Waals surface area (Å²) in [7, 11) is 0. The fourth-order valence-corrected chi connectivity index (χ4v) is 4.72. The zero-order valence-electron chi connectivity index (χ0n) is 12.0. The number of hydrogen-bond acceptors (Lipinski definition) is 1. The zero-order valence-corrected chi connectivity index (χ0v) is 12.0. The quantitative estimate of drug-likeness (QED) is 0.522. The molecular formula is C15H27BO. The van der Waals surface area contributed by atoms with Crippen molar-refractivity contribution >= 4 is 12.9 Å². The SMILES string of the molecule is CC1CCCC1(C)B(C=O)C1(C)CCCC1C. The molecule has 2 saturated carbocycles. The molecule has 2 aliphatic carbocycles. The molecule has 0 aromatic heterocycles. The average molecular weight is 234 g/mol. The van der Waals surface area contributed by atoms with Gasteiger partial charge in [-0.3, -0.25) is 0 Å². The van der Waals surface area contributed by atoms with Crippen LogP contribution < -0.4 is 0 Å². The molecule has 0 heterocycles. The Morgan fingerprint density at radius 3 is 1.65 bits per heavy atom. The molecule has 1 nitrogen and oxygen atoms in total. The van der Waals surface area contributed by atoms with E-state index in [0.29, 0.717) is 11.8 Å². The summed E-state index contributed by atoms with van der Waals surface area (Å²) in [4.78, 5) is 11.8. The second kappa shape index (κ2) is 4.44. The van der Waals surface area contributed by atoms with Crippen LogP contribution in [0.3, 0.4) is 0 Å². The number of hydrogen-bond donors (Lipinski definition) is 0. The highest BCUT2D eigenvalue weighted by Gasteiger charge is 2.55. The highest BCUT2D eigenvalue weighted by atomic mass is 16.1. The van der Waals surface area contributed by atoms with Crippen LogP contribution in [0.25, 0.3) is 0 Å². The molecule has 0 radical (unpaired) electrons. The Bertz CT molecular complexity index is 277. The van der Waals surface area contributed by atoms with Crippen molar-refractivity contribution in [2.75, 3.05) is 0 Å². The molecule has 0 bridgehead atoms. The van der Waals surface area contributed by atoms with Gasteiger partial charge in [-0.05, 0) is 22.5 Å². The molecule has 0 saturated heterocycles. The van der Waals surface area contributed by atoms with E-state index in [1.165, 1.54) is 44.7 Å². The summed E-state index contributed by atoms with van der Waals surface area (Å²) in [5, 5.41) is 0.518. The Morgan fingerprint density at radius 1 is 1.00 bits per heavy atom. The molecule has 2 heteroatoms. The van der Waals surface area contributed by atoms with Gasteiger partial charge in [-0.1, -0.05) is 66.2 Å². The molecule has 17 heavy (non-hydrogen) atoms. The molecule has 4 atom stereocenters. The molecule has 0 aromatic carbocycles. The maximum absolute atomic E-state index is 11.8. The minimum absolute atomic E-state index is 0.259. The summed E-state index contributed by atoms with van der Waals surface area (Å²) in [6, 6.07) is 0. The van der Waals surface area contributed by atoms with Gasteiger partial charge in [0.1, 0.15) is 0 Å². The smallest absolute Gasteiger partial charge is 0.231 e. The Hall–Kier alpha value is -0.265. The largest absolute Gasteiger partial charge is 0.315 e. The van der Waals surface area contributed by atoms with Crippen molar-refractivity contribution in [3.8, 4) is 0 Å². The van der Waals surface area contributed by atoms with Gasteiger partial charge in [0, 0.05) is 0 Å². The highest BCUT2D eigenvalue weighted by molar-refractivity contribution is 6.89. The van der Waals surface area contributed by atoms with Crippen LogP contribution in [0.2, 0.25) is 10.6 Å². The predicted molar refractivity (Wildman–Crippen MR) is 75.3 cm³/mol. The van der Waals surface area contributed by atoms with Gasteiger partial charge in [0.15, 0.2) is 0 Å². The molecule has 2 aliphatic rings. The second-order valence-electron chi connectivity index (χ2n) is 7.21. The fourth-order valence-electron chi connectivity index (χ4n) is 4.72. The number of rotatable bonds is 3. The van der Waals surface area contributed by atoms with Gasteiger partial charge in [0.05, 0.1) is 6.19 Å². The first kappa shape index (κ1) is 13.2. The van der Waals surface area contributed by atoms with Crippen molar-refractivity contribution in [1.29, 1.82) is 0 Å². The molecule has 4 unspecified atom stereocenters. The van der Waals surface area contributed by atoms with E-state index in [-0.39, 0.29) is 17.3 Å². The molecule has 2 fully saturated rings. The van der Waals surface area contributed by atoms with Crippen LogP contribution in [0.1, 0.15) is 66.2 Å². The zero-order chi connectivity index (χ0) is 12.7. The topological polar surface area (TPSA) is 17.1 Å². The van der Waals surface area contributed by atoms with Crippen LogP contribution >= 0.6 is 0 Å². The minimum Gasteiger partial charge on any atom is -0.315 e. The predicted octanol–water partition coefficient (Wildman–Crippen LogP) is 4.41. The van der Waals surface area contributed by atoms with Crippen LogP contribution in [0.15, 0.2) is 0 Å². The first-order valence-electron chi connectivity index (χ1n) is 7.40. The third-order valence-electron chi connectivity index (χ3n) is 6.51. The first-order chi connectivity index (χ1) is 7.95. The summed E-state index contributed by atoms with van der Waals surface area (Å²) < 4.78 is 0. The van der Waals surface area contributed by atoms with E-state index in [2.05, 4.69) is 27.7 Å². The van der Waals surface area contributed by atoms with E-state index in [9.17, 15) is 4.79 Å². The normalized spacial score (nSPS) is 46.1. The Labute approximate surface area is 107 Å². The lowest BCUT2D eigenvalue weighted by molar-refractivity contribution is 0.407. The van der Waals surface area contributed by atoms with Gasteiger partial charge in [0.2, 0.25) is 6.71 Å². The van der Waals surface area contributed by atoms with Crippen molar-refractivity contribution in [3.63, 3.8) is 0 Å². The lowest BCUT2D eigenvalue weighted by Crippen LogP contribution is -2.45. The summed E-state index contributed by atoms with van der Waals surface area (Å²) in [6.45, 7) is 9.73. The van der Waals surface area contributed by atoms with Crippen molar-refractivity contribution in [1.82, 2.24) is 0 Å². The summed E-state index contributed by atoms with van der Waals surface area (Å²) in [5.41, 5.74) is 0. The van der Waals surface area contributed by atoms with Gasteiger partial charge >= 0.3 is 0 Å². The Balaban J connectivity index is 2.30. The Kier molecular flexibility index (Phi) is 3.44. The second-order valence-corrected chi connectivity index (χ2v) is 7.21. The van der Waals surface area contributed by atoms with E-state index in [1.807, 2.05) is 0 Å². The van der Waals surface area contributed by atoms with Crippen LogP contribution in [-0.4, -0.2) is 12.9 Å². The standard InChI is InChI=1S/C15H27BO/c1-12-7-5-9-14(12,3)16(11-17)15(4)10-6-8-13(15)2/h11-13H,5-10H2,1-4H3. The molecule has 0 spiro atoms. The third-order valence-corrected chi connectivity index (χ3v) is 6.51.